The third-order valence-corrected chi connectivity index (χ3v) is 5.30. The molecule has 0 N–H and O–H groups in total. The van der Waals surface area contributed by atoms with Crippen LogP contribution >= 0.6 is 23.2 Å². The summed E-state index contributed by atoms with van der Waals surface area (Å²) in [5.41, 5.74) is 3.54. The van der Waals surface area contributed by atoms with Crippen molar-refractivity contribution in [2.24, 2.45) is 0 Å². The average molecular weight is 495 g/mol. The van der Waals surface area contributed by atoms with Crippen LogP contribution in [-0.4, -0.2) is 43.2 Å². The van der Waals surface area contributed by atoms with Crippen molar-refractivity contribution >= 4 is 51.1 Å². The first-order valence-corrected chi connectivity index (χ1v) is 11.1. The summed E-state index contributed by atoms with van der Waals surface area (Å²) in [5, 5.41) is 11.6. The first-order valence-electron chi connectivity index (χ1n) is 10.3. The molecule has 2 aromatic heterocycles. The third kappa shape index (κ3) is 6.28. The van der Waals surface area contributed by atoms with Gasteiger partial charge in [0.2, 0.25) is 0 Å². The van der Waals surface area contributed by atoms with Gasteiger partial charge in [0.1, 0.15) is 21.8 Å². The number of aromatic nitrogens is 2. The summed E-state index contributed by atoms with van der Waals surface area (Å²) in [6, 6.07) is 17.0. The van der Waals surface area contributed by atoms with Crippen LogP contribution in [0.15, 0.2) is 54.7 Å². The summed E-state index contributed by atoms with van der Waals surface area (Å²) >= 11 is 11.9. The molecule has 6 nitrogen and oxygen atoms in total. The summed E-state index contributed by atoms with van der Waals surface area (Å²) in [5.74, 6) is 1.56. The molecule has 0 aliphatic carbocycles. The molecule has 0 saturated heterocycles. The molecule has 0 aliphatic rings. The molecule has 2 aromatic carbocycles. The van der Waals surface area contributed by atoms with Crippen LogP contribution in [-0.2, 0) is 6.42 Å². The van der Waals surface area contributed by atoms with Crippen molar-refractivity contribution in [2.75, 3.05) is 28.3 Å². The molecule has 0 fully saturated rings. The van der Waals surface area contributed by atoms with Crippen molar-refractivity contribution < 1.29 is 9.47 Å². The molecule has 0 aliphatic heterocycles. The van der Waals surface area contributed by atoms with Crippen molar-refractivity contribution in [3.63, 3.8) is 0 Å². The van der Waals surface area contributed by atoms with E-state index in [1.165, 1.54) is 0 Å². The molecule has 0 bridgehead atoms. The fourth-order valence-corrected chi connectivity index (χ4v) is 3.72. The molecule has 0 radical (unpaired) electrons. The molecule has 0 spiro atoms. The average Bonchev–Trinajstić information content (AvgIpc) is 2.82. The molecule has 34 heavy (non-hydrogen) atoms. The molecule has 0 atom stereocenters. The highest BCUT2D eigenvalue weighted by Crippen LogP contribution is 2.27. The van der Waals surface area contributed by atoms with Crippen LogP contribution in [0.25, 0.3) is 27.9 Å². The fourth-order valence-electron chi connectivity index (χ4n) is 3.29. The second-order valence-electron chi connectivity index (χ2n) is 7.52. The number of fused-ring (bicyclic) bond motifs is 2. The van der Waals surface area contributed by atoms with E-state index in [1.807, 2.05) is 73.7 Å². The third-order valence-electron chi connectivity index (χ3n) is 4.91. The Balaban J connectivity index is 0.000000192. The molecular formula is C26H24Cl2N4O2. The lowest BCUT2D eigenvalue weighted by atomic mass is 10.1. The lowest BCUT2D eigenvalue weighted by molar-refractivity contribution is 0.415. The molecule has 0 unspecified atom stereocenters. The van der Waals surface area contributed by atoms with Crippen LogP contribution in [0.2, 0.25) is 10.3 Å². The van der Waals surface area contributed by atoms with E-state index in [1.54, 1.807) is 20.3 Å². The van der Waals surface area contributed by atoms with Crippen LogP contribution < -0.4 is 9.47 Å². The molecule has 0 amide bonds. The first-order chi connectivity index (χ1) is 16.3. The normalized spacial score (nSPS) is 10.6. The zero-order chi connectivity index (χ0) is 24.7. The Hall–Kier alpha value is -3.53. The highest BCUT2D eigenvalue weighted by molar-refractivity contribution is 6.30. The number of ether oxygens (including phenoxy) is 2. The number of rotatable bonds is 5. The van der Waals surface area contributed by atoms with Gasteiger partial charge in [0.15, 0.2) is 0 Å². The zero-order valence-electron chi connectivity index (χ0n) is 19.3. The van der Waals surface area contributed by atoms with Gasteiger partial charge in [-0.25, -0.2) is 9.97 Å². The Kier molecular flexibility index (Phi) is 8.53. The number of nitriles is 1. The van der Waals surface area contributed by atoms with Gasteiger partial charge in [-0.15, -0.1) is 0 Å². The molecule has 0 saturated carbocycles. The van der Waals surface area contributed by atoms with E-state index < -0.39 is 0 Å². The second kappa shape index (κ2) is 11.6. The Labute approximate surface area is 209 Å². The van der Waals surface area contributed by atoms with Gasteiger partial charge in [0.05, 0.1) is 37.7 Å². The minimum absolute atomic E-state index is 0.311. The Bertz CT molecular complexity index is 1380. The van der Waals surface area contributed by atoms with Crippen LogP contribution in [0, 0.1) is 11.3 Å². The summed E-state index contributed by atoms with van der Waals surface area (Å²) in [6.07, 6.45) is 4.30. The van der Waals surface area contributed by atoms with Gasteiger partial charge in [-0.1, -0.05) is 23.2 Å². The minimum atomic E-state index is 0.311. The summed E-state index contributed by atoms with van der Waals surface area (Å²) in [4.78, 5) is 10.5. The monoisotopic (exact) mass is 494 g/mol. The van der Waals surface area contributed by atoms with Gasteiger partial charge >= 0.3 is 0 Å². The second-order valence-corrected chi connectivity index (χ2v) is 8.29. The van der Waals surface area contributed by atoms with E-state index in [2.05, 4.69) is 16.0 Å². The Morgan fingerprint density at radius 2 is 1.44 bits per heavy atom. The van der Waals surface area contributed by atoms with Gasteiger partial charge < -0.3 is 14.4 Å². The van der Waals surface area contributed by atoms with Gasteiger partial charge in [-0.2, -0.15) is 5.26 Å². The fraction of sp³-hybridized carbons (Fsp3) is 0.192. The summed E-state index contributed by atoms with van der Waals surface area (Å²) in [6.45, 7) is 0. The zero-order valence-corrected chi connectivity index (χ0v) is 20.9. The lowest BCUT2D eigenvalue weighted by Crippen LogP contribution is -1.99. The van der Waals surface area contributed by atoms with Crippen LogP contribution in [0.5, 0.6) is 11.5 Å². The topological polar surface area (TPSA) is 71.3 Å². The number of halogens is 2. The number of methoxy groups -OCH3 is 2. The summed E-state index contributed by atoms with van der Waals surface area (Å²) < 4.78 is 10.4. The van der Waals surface area contributed by atoms with E-state index in [0.717, 1.165) is 44.4 Å². The number of nitrogens with zero attached hydrogens (tertiary/aromatic N) is 4. The van der Waals surface area contributed by atoms with E-state index in [9.17, 15) is 0 Å². The number of pyridine rings is 2. The van der Waals surface area contributed by atoms with Gasteiger partial charge in [-0.3, -0.25) is 0 Å². The van der Waals surface area contributed by atoms with Gasteiger partial charge in [0, 0.05) is 24.9 Å². The van der Waals surface area contributed by atoms with E-state index in [-0.39, 0.29) is 0 Å². The molecular weight excluding hydrogens is 471 g/mol. The van der Waals surface area contributed by atoms with Crippen LogP contribution in [0.1, 0.15) is 11.1 Å². The quantitative estimate of drug-likeness (QED) is 0.299. The molecule has 2 heterocycles. The maximum atomic E-state index is 8.75. The Morgan fingerprint density at radius 1 is 0.882 bits per heavy atom. The Morgan fingerprint density at radius 3 is 2.00 bits per heavy atom. The lowest BCUT2D eigenvalue weighted by Gasteiger charge is -2.07. The highest BCUT2D eigenvalue weighted by atomic mass is 35.5. The summed E-state index contributed by atoms with van der Waals surface area (Å²) in [7, 11) is 7.21. The molecule has 4 aromatic rings. The molecule has 4 rings (SSSR count). The van der Waals surface area contributed by atoms with E-state index >= 15 is 0 Å². The van der Waals surface area contributed by atoms with E-state index in [4.69, 9.17) is 37.9 Å². The van der Waals surface area contributed by atoms with E-state index in [0.29, 0.717) is 16.7 Å². The maximum Gasteiger partial charge on any atom is 0.130 e. The minimum Gasteiger partial charge on any atom is -0.497 e. The number of hydrogen-bond acceptors (Lipinski definition) is 6. The maximum absolute atomic E-state index is 8.75. The van der Waals surface area contributed by atoms with Crippen molar-refractivity contribution in [3.8, 4) is 17.6 Å². The SMILES string of the molecule is COc1ccc2nc(Cl)cc(C=CN(C)C)c2c1.COc1ccc2nc(Cl)cc(CC#N)c2c1. The van der Waals surface area contributed by atoms with Crippen molar-refractivity contribution in [2.45, 2.75) is 6.42 Å². The standard InChI is InChI=1S/C14H15ClN2O.C12H9ClN2O/c1-17(2)7-6-10-8-14(15)16-13-5-4-11(18-3)9-12(10)13;1-16-9-2-3-11-10(7-9)8(4-5-14)6-12(13)15-11/h4-9H,1-3H3;2-3,6-7H,4H2,1H3. The molecule has 174 valence electrons. The first kappa shape index (κ1) is 25.1. The number of hydrogen-bond donors (Lipinski definition) is 0. The predicted molar refractivity (Wildman–Crippen MR) is 139 cm³/mol. The van der Waals surface area contributed by atoms with Gasteiger partial charge in [-0.05, 0) is 71.9 Å². The molecule has 8 heteroatoms. The van der Waals surface area contributed by atoms with Crippen LogP contribution in [0.4, 0.5) is 0 Å². The van der Waals surface area contributed by atoms with Crippen molar-refractivity contribution in [3.05, 3.63) is 76.2 Å². The smallest absolute Gasteiger partial charge is 0.130 e. The van der Waals surface area contributed by atoms with Crippen molar-refractivity contribution in [1.29, 1.82) is 5.26 Å². The van der Waals surface area contributed by atoms with Gasteiger partial charge in [0.25, 0.3) is 0 Å². The highest BCUT2D eigenvalue weighted by Gasteiger charge is 2.06. The number of benzene rings is 2. The van der Waals surface area contributed by atoms with Crippen molar-refractivity contribution in [1.82, 2.24) is 14.9 Å². The predicted octanol–water partition coefficient (Wildman–Crippen LogP) is 6.39. The van der Waals surface area contributed by atoms with Crippen LogP contribution in [0.3, 0.4) is 0 Å². The largest absolute Gasteiger partial charge is 0.497 e.